The zero-order valence-electron chi connectivity index (χ0n) is 36.4. The van der Waals surface area contributed by atoms with E-state index in [0.717, 1.165) is 120 Å². The van der Waals surface area contributed by atoms with E-state index in [2.05, 4.69) is 79.7 Å². The first-order valence-corrected chi connectivity index (χ1v) is 22.4. The number of aromatic amines is 3. The summed E-state index contributed by atoms with van der Waals surface area (Å²) in [6.45, 7) is 23.0. The van der Waals surface area contributed by atoms with E-state index in [9.17, 15) is 4.79 Å². The SMILES string of the molecule is C.C.C.C.[C-]#[N+]/C(=C\C1CC1)C(=O)CCC1CCCN1c1ncnc2[nH]ccc12.[C-]#[N+]/C(=C\C1CC1)n1nccc1-c1ncnc2[nH]ccc12.[C-]#[N+]/C(=C\C1CC1)n1nncc1-c1ncnc2[nH]ccc12. The number of nitrogens with zero attached hydrogens (tertiary/aromatic N) is 15. The Morgan fingerprint density at radius 3 is 1.75 bits per heavy atom. The van der Waals surface area contributed by atoms with Gasteiger partial charge in [0.05, 0.1) is 18.2 Å². The molecule has 8 aromatic heterocycles. The summed E-state index contributed by atoms with van der Waals surface area (Å²) >= 11 is 0. The Hall–Kier alpha value is -8.63. The highest BCUT2D eigenvalue weighted by molar-refractivity contribution is 5.97. The number of Topliss-reactive ketones (excluding diaryl/α,β-unsaturated/α-hetero) is 1. The number of rotatable bonds is 12. The third kappa shape index (κ3) is 11.5. The Morgan fingerprint density at radius 1 is 0.634 bits per heavy atom. The zero-order valence-corrected chi connectivity index (χ0v) is 36.4. The molecule has 0 spiro atoms. The smallest absolute Gasteiger partial charge is 0.253 e. The van der Waals surface area contributed by atoms with Crippen LogP contribution in [0.5, 0.6) is 0 Å². The first-order chi connectivity index (χ1) is 33.0. The molecule has 12 rings (SSSR count). The van der Waals surface area contributed by atoms with Crippen LogP contribution in [0.1, 0.15) is 93.9 Å². The molecule has 3 aliphatic carbocycles. The van der Waals surface area contributed by atoms with Crippen molar-refractivity contribution in [2.75, 3.05) is 11.4 Å². The van der Waals surface area contributed by atoms with Crippen LogP contribution in [0, 0.1) is 37.5 Å². The molecule has 0 bridgehead atoms. The fraction of sp³-hybridized carbons (Fsp3) is 0.365. The lowest BCUT2D eigenvalue weighted by Crippen LogP contribution is -2.30. The fourth-order valence-corrected chi connectivity index (χ4v) is 8.25. The highest BCUT2D eigenvalue weighted by Gasteiger charge is 2.29. The summed E-state index contributed by atoms with van der Waals surface area (Å²) in [5, 5.41) is 15.1. The second kappa shape index (κ2) is 23.1. The number of allylic oxidation sites excluding steroid dienone is 4. The highest BCUT2D eigenvalue weighted by atomic mass is 16.1. The van der Waals surface area contributed by atoms with Crippen molar-refractivity contribution < 1.29 is 4.79 Å². The molecule has 3 saturated carbocycles. The predicted octanol–water partition coefficient (Wildman–Crippen LogP) is 11.3. The van der Waals surface area contributed by atoms with Crippen LogP contribution in [-0.4, -0.2) is 88.0 Å². The van der Waals surface area contributed by atoms with Gasteiger partial charge in [-0.05, 0) is 93.7 Å². The van der Waals surface area contributed by atoms with Crippen molar-refractivity contribution in [2.24, 2.45) is 17.8 Å². The number of fused-ring (bicyclic) bond motifs is 3. The van der Waals surface area contributed by atoms with E-state index in [1.54, 1.807) is 28.1 Å². The minimum absolute atomic E-state index is 0. The number of carbonyl (C=O) groups excluding carboxylic acids is 1. The highest BCUT2D eigenvalue weighted by Crippen LogP contribution is 2.36. The summed E-state index contributed by atoms with van der Waals surface area (Å²) in [5.41, 5.74) is 5.72. The van der Waals surface area contributed by atoms with E-state index < -0.39 is 0 Å². The maximum absolute atomic E-state index is 12.4. The number of aromatic nitrogens is 14. The number of anilines is 1. The molecule has 1 unspecified atom stereocenters. The van der Waals surface area contributed by atoms with Crippen molar-refractivity contribution in [3.8, 4) is 22.8 Å². The number of ketones is 1. The molecule has 0 amide bonds. The first kappa shape index (κ1) is 51.8. The first-order valence-electron chi connectivity index (χ1n) is 22.4. The van der Waals surface area contributed by atoms with Gasteiger partial charge in [0.1, 0.15) is 59.3 Å². The average Bonchev–Trinajstić information content (AvgIpc) is 4.15. The molecular weight excluding hydrogens is 893 g/mol. The lowest BCUT2D eigenvalue weighted by molar-refractivity contribution is -0.115. The lowest BCUT2D eigenvalue weighted by atomic mass is 10.0. The van der Waals surface area contributed by atoms with Crippen LogP contribution in [0.25, 0.3) is 82.1 Å². The number of nitrogens with one attached hydrogen (secondary N) is 3. The molecule has 364 valence electrons. The number of carbonyl (C=O) groups is 1. The van der Waals surface area contributed by atoms with Gasteiger partial charge in [-0.1, -0.05) is 61.1 Å². The van der Waals surface area contributed by atoms with E-state index in [0.29, 0.717) is 53.2 Å². The molecule has 19 nitrogen and oxygen atoms in total. The fourth-order valence-electron chi connectivity index (χ4n) is 8.25. The minimum Gasteiger partial charge on any atom is -0.362 e. The van der Waals surface area contributed by atoms with Crippen LogP contribution >= 0.6 is 0 Å². The molecule has 71 heavy (non-hydrogen) atoms. The quantitative estimate of drug-likeness (QED) is 0.0775. The van der Waals surface area contributed by atoms with Gasteiger partial charge in [0.15, 0.2) is 17.2 Å². The summed E-state index contributed by atoms with van der Waals surface area (Å²) in [7, 11) is 0. The molecule has 8 aromatic rings. The van der Waals surface area contributed by atoms with Crippen LogP contribution in [0.15, 0.2) is 98.2 Å². The Morgan fingerprint density at radius 2 is 1.17 bits per heavy atom. The van der Waals surface area contributed by atoms with Gasteiger partial charge in [0.2, 0.25) is 5.70 Å². The van der Waals surface area contributed by atoms with Gasteiger partial charge in [-0.15, -0.1) is 14.9 Å². The van der Waals surface area contributed by atoms with Crippen LogP contribution in [0.3, 0.4) is 0 Å². The molecule has 9 heterocycles. The Kier molecular flexibility index (Phi) is 16.8. The third-order valence-electron chi connectivity index (χ3n) is 12.2. The summed E-state index contributed by atoms with van der Waals surface area (Å²) in [6, 6.07) is 8.01. The van der Waals surface area contributed by atoms with Crippen molar-refractivity contribution in [2.45, 2.75) is 100.0 Å². The third-order valence-corrected chi connectivity index (χ3v) is 12.2. The van der Waals surface area contributed by atoms with Gasteiger partial charge in [0, 0.05) is 59.7 Å². The van der Waals surface area contributed by atoms with E-state index in [1.165, 1.54) is 12.7 Å². The zero-order chi connectivity index (χ0) is 45.7. The van der Waals surface area contributed by atoms with E-state index >= 15 is 0 Å². The van der Waals surface area contributed by atoms with Gasteiger partial charge >= 0.3 is 0 Å². The van der Waals surface area contributed by atoms with Crippen molar-refractivity contribution in [1.82, 2.24) is 69.6 Å². The molecule has 1 aliphatic heterocycles. The number of hydrogen-bond donors (Lipinski definition) is 3. The largest absolute Gasteiger partial charge is 0.362 e. The van der Waals surface area contributed by atoms with E-state index in [1.807, 2.05) is 61.1 Å². The molecule has 1 atom stereocenters. The van der Waals surface area contributed by atoms with Crippen molar-refractivity contribution in [3.63, 3.8) is 0 Å². The summed E-state index contributed by atoms with van der Waals surface area (Å²) < 4.78 is 3.22. The Balaban J connectivity index is 0.000000170. The van der Waals surface area contributed by atoms with Crippen LogP contribution in [0.2, 0.25) is 0 Å². The van der Waals surface area contributed by atoms with Crippen molar-refractivity contribution >= 4 is 56.3 Å². The molecule has 19 heteroatoms. The predicted molar refractivity (Wildman–Crippen MR) is 278 cm³/mol. The number of H-pyrrole nitrogens is 3. The second-order valence-electron chi connectivity index (χ2n) is 16.9. The van der Waals surface area contributed by atoms with Crippen molar-refractivity contribution in [1.29, 1.82) is 0 Å². The summed E-state index contributed by atoms with van der Waals surface area (Å²) in [6.07, 6.45) is 29.5. The molecular formula is C52H60N18O. The average molecular weight is 953 g/mol. The Bertz CT molecular complexity index is 3160. The molecule has 0 radical (unpaired) electrons. The maximum Gasteiger partial charge on any atom is 0.253 e. The van der Waals surface area contributed by atoms with E-state index in [4.69, 9.17) is 19.7 Å². The van der Waals surface area contributed by atoms with Crippen LogP contribution in [0.4, 0.5) is 5.82 Å². The van der Waals surface area contributed by atoms with Crippen LogP contribution in [-0.2, 0) is 4.79 Å². The normalized spacial score (nSPS) is 16.4. The standard InChI is InChI=1S/C19H21N5O.C15H12N6.C14H11N7.4CH4/c1-20-16(11-13-4-5-13)17(25)7-6-14-3-2-10-24(14)19-15-8-9-21-18(15)22-12-23-19;1-16-13(8-10-2-3-10)21-12(5-7-20-21)14-11-4-6-17-15(11)19-9-18-14;1-15-12(6-9-2-3-9)21-11(7-19-20-21)13-10-4-5-16-14(10)18-8-17-13;;;;/h8-9,11-14H,2-7,10H2,(H,21,22,23);4-10H,2-3H2,(H,17,18,19);4-9H,2-3H2,(H,16,17,18);4*1H4/b16-11-;13-8+;12-6+;;;;. The number of hydrogen-bond acceptors (Lipinski definition) is 11. The van der Waals surface area contributed by atoms with E-state index in [-0.39, 0.29) is 35.5 Å². The van der Waals surface area contributed by atoms with Gasteiger partial charge in [0.25, 0.3) is 11.6 Å². The van der Waals surface area contributed by atoms with Gasteiger partial charge in [-0.2, -0.15) is 4.68 Å². The second-order valence-corrected chi connectivity index (χ2v) is 16.9. The molecule has 0 aromatic carbocycles. The molecule has 4 fully saturated rings. The van der Waals surface area contributed by atoms with Gasteiger partial charge in [-0.3, -0.25) is 0 Å². The topological polar surface area (TPSA) is 207 Å². The summed E-state index contributed by atoms with van der Waals surface area (Å²) in [5.74, 6) is 3.42. The van der Waals surface area contributed by atoms with Crippen molar-refractivity contribution in [3.05, 3.63) is 132 Å². The monoisotopic (exact) mass is 953 g/mol. The molecule has 1 saturated heterocycles. The maximum atomic E-state index is 12.4. The minimum atomic E-state index is -0.0109. The molecule has 4 aliphatic rings. The lowest BCUT2D eigenvalue weighted by Gasteiger charge is -2.26. The van der Waals surface area contributed by atoms with Gasteiger partial charge < -0.3 is 34.3 Å². The molecule has 3 N–H and O–H groups in total. The Labute approximate surface area is 413 Å². The summed E-state index contributed by atoms with van der Waals surface area (Å²) in [4.78, 5) is 60.4. The van der Waals surface area contributed by atoms with Crippen LogP contribution < -0.4 is 4.90 Å². The van der Waals surface area contributed by atoms with Gasteiger partial charge in [-0.25, -0.2) is 34.7 Å².